The van der Waals surface area contributed by atoms with Crippen molar-refractivity contribution >= 4 is 11.6 Å². The van der Waals surface area contributed by atoms with Gasteiger partial charge in [0, 0.05) is 12.3 Å². The topological polar surface area (TPSA) is 61.4 Å². The fourth-order valence-electron chi connectivity index (χ4n) is 1.69. The summed E-state index contributed by atoms with van der Waals surface area (Å²) in [4.78, 5) is 11.5. The molecule has 4 nitrogen and oxygen atoms in total. The molecule has 1 aromatic carbocycles. The van der Waals surface area contributed by atoms with Crippen LogP contribution in [0, 0.1) is 5.82 Å². The largest absolute Gasteiger partial charge is 0.396 e. The Bertz CT molecular complexity index is 385. The number of halogens is 1. The predicted octanol–water partition coefficient (Wildman–Crippen LogP) is 1.91. The van der Waals surface area contributed by atoms with Gasteiger partial charge in [0.1, 0.15) is 5.82 Å². The first kappa shape index (κ1) is 15.6. The molecule has 0 spiro atoms. The van der Waals surface area contributed by atoms with E-state index in [0.29, 0.717) is 5.69 Å². The van der Waals surface area contributed by atoms with Gasteiger partial charge in [-0.15, -0.1) is 0 Å². The van der Waals surface area contributed by atoms with E-state index in [1.54, 1.807) is 12.1 Å². The Morgan fingerprint density at radius 1 is 1.21 bits per heavy atom. The lowest BCUT2D eigenvalue weighted by atomic mass is 10.2. The molecule has 0 saturated carbocycles. The number of unbranched alkanes of at least 4 members (excludes halogenated alkanes) is 3. The Hall–Kier alpha value is -1.46. The highest BCUT2D eigenvalue weighted by atomic mass is 19.1. The van der Waals surface area contributed by atoms with Crippen LogP contribution in [0.25, 0.3) is 0 Å². The van der Waals surface area contributed by atoms with E-state index in [1.165, 1.54) is 12.1 Å². The molecule has 0 aliphatic carbocycles. The minimum absolute atomic E-state index is 0.180. The maximum absolute atomic E-state index is 12.9. The van der Waals surface area contributed by atoms with Gasteiger partial charge in [-0.05, 0) is 37.6 Å². The van der Waals surface area contributed by atoms with E-state index in [-0.39, 0.29) is 24.9 Å². The second-order valence-corrected chi connectivity index (χ2v) is 4.37. The van der Waals surface area contributed by atoms with Crippen molar-refractivity contribution in [1.82, 2.24) is 5.32 Å². The Labute approximate surface area is 113 Å². The molecule has 19 heavy (non-hydrogen) atoms. The first-order valence-electron chi connectivity index (χ1n) is 6.59. The number of nitrogens with one attached hydrogen (secondary N) is 2. The number of aliphatic hydroxyl groups excluding tert-OH is 1. The number of hydrogen-bond donors (Lipinski definition) is 3. The van der Waals surface area contributed by atoms with Crippen molar-refractivity contribution in [2.24, 2.45) is 0 Å². The molecule has 1 amide bonds. The smallest absolute Gasteiger partial charge is 0.238 e. The summed E-state index contributed by atoms with van der Waals surface area (Å²) in [5, 5.41) is 14.3. The van der Waals surface area contributed by atoms with E-state index in [0.717, 1.165) is 32.2 Å². The minimum atomic E-state index is -0.366. The molecule has 0 unspecified atom stereocenters. The van der Waals surface area contributed by atoms with Crippen LogP contribution in [-0.4, -0.2) is 30.7 Å². The van der Waals surface area contributed by atoms with Gasteiger partial charge in [-0.25, -0.2) is 4.39 Å². The van der Waals surface area contributed by atoms with Crippen LogP contribution in [0.4, 0.5) is 10.1 Å². The highest BCUT2D eigenvalue weighted by Crippen LogP contribution is 2.08. The lowest BCUT2D eigenvalue weighted by Gasteiger charge is -2.06. The van der Waals surface area contributed by atoms with Crippen LogP contribution in [0.5, 0.6) is 0 Å². The highest BCUT2D eigenvalue weighted by molar-refractivity contribution is 5.92. The van der Waals surface area contributed by atoms with Crippen LogP contribution in [0.2, 0.25) is 0 Å². The van der Waals surface area contributed by atoms with E-state index < -0.39 is 0 Å². The number of carbonyl (C=O) groups excluding carboxylic acids is 1. The summed E-state index contributed by atoms with van der Waals surface area (Å²) < 4.78 is 12.9. The van der Waals surface area contributed by atoms with Gasteiger partial charge in [0.25, 0.3) is 0 Å². The molecule has 0 bridgehead atoms. The lowest BCUT2D eigenvalue weighted by Crippen LogP contribution is -2.28. The van der Waals surface area contributed by atoms with Crippen molar-refractivity contribution in [3.63, 3.8) is 0 Å². The third kappa shape index (κ3) is 7.54. The molecule has 0 radical (unpaired) electrons. The summed E-state index contributed by atoms with van der Waals surface area (Å²) in [6.07, 6.45) is 3.86. The molecule has 0 heterocycles. The maximum atomic E-state index is 12.9. The normalized spacial score (nSPS) is 10.4. The quantitative estimate of drug-likeness (QED) is 0.599. The molecule has 0 fully saturated rings. The van der Waals surface area contributed by atoms with Crippen molar-refractivity contribution < 1.29 is 14.3 Å². The van der Waals surface area contributed by atoms with Crippen molar-refractivity contribution in [2.45, 2.75) is 25.7 Å². The summed E-state index contributed by atoms with van der Waals surface area (Å²) >= 11 is 0. The van der Waals surface area contributed by atoms with Gasteiger partial charge < -0.3 is 15.7 Å². The monoisotopic (exact) mass is 268 g/mol. The zero-order chi connectivity index (χ0) is 13.9. The van der Waals surface area contributed by atoms with Crippen molar-refractivity contribution in [3.05, 3.63) is 30.1 Å². The second kappa shape index (κ2) is 9.47. The molecule has 0 aliphatic rings. The zero-order valence-corrected chi connectivity index (χ0v) is 11.0. The van der Waals surface area contributed by atoms with Crippen molar-refractivity contribution in [1.29, 1.82) is 0 Å². The SMILES string of the molecule is O=C(CNCCCCCCO)Nc1cccc(F)c1. The Kier molecular flexibility index (Phi) is 7.77. The number of aliphatic hydroxyl groups is 1. The Balaban J connectivity index is 2.08. The van der Waals surface area contributed by atoms with Crippen LogP contribution >= 0.6 is 0 Å². The number of benzene rings is 1. The third-order valence-corrected chi connectivity index (χ3v) is 2.66. The third-order valence-electron chi connectivity index (χ3n) is 2.66. The van der Waals surface area contributed by atoms with Crippen LogP contribution in [0.15, 0.2) is 24.3 Å². The van der Waals surface area contributed by atoms with Gasteiger partial charge in [0.05, 0.1) is 6.54 Å². The fourth-order valence-corrected chi connectivity index (χ4v) is 1.69. The van der Waals surface area contributed by atoms with E-state index in [1.807, 2.05) is 0 Å². The molecule has 0 saturated heterocycles. The Morgan fingerprint density at radius 3 is 2.74 bits per heavy atom. The fraction of sp³-hybridized carbons (Fsp3) is 0.500. The molecule has 0 aromatic heterocycles. The standard InChI is InChI=1S/C14H21FN2O2/c15-12-6-5-7-13(10-12)17-14(19)11-16-8-3-1-2-4-9-18/h5-7,10,16,18H,1-4,8-9,11H2,(H,17,19). The number of amides is 1. The molecular formula is C14H21FN2O2. The molecule has 0 aliphatic heterocycles. The predicted molar refractivity (Wildman–Crippen MR) is 73.5 cm³/mol. The molecular weight excluding hydrogens is 247 g/mol. The number of anilines is 1. The van der Waals surface area contributed by atoms with Gasteiger partial charge >= 0.3 is 0 Å². The van der Waals surface area contributed by atoms with Crippen LogP contribution in [0.3, 0.4) is 0 Å². The summed E-state index contributed by atoms with van der Waals surface area (Å²) in [6.45, 7) is 1.22. The van der Waals surface area contributed by atoms with Gasteiger partial charge in [-0.2, -0.15) is 0 Å². The highest BCUT2D eigenvalue weighted by Gasteiger charge is 2.02. The van der Waals surface area contributed by atoms with E-state index in [9.17, 15) is 9.18 Å². The lowest BCUT2D eigenvalue weighted by molar-refractivity contribution is -0.115. The van der Waals surface area contributed by atoms with E-state index in [2.05, 4.69) is 10.6 Å². The van der Waals surface area contributed by atoms with Crippen molar-refractivity contribution in [3.8, 4) is 0 Å². The van der Waals surface area contributed by atoms with E-state index >= 15 is 0 Å². The molecule has 5 heteroatoms. The summed E-state index contributed by atoms with van der Waals surface area (Å²) in [7, 11) is 0. The maximum Gasteiger partial charge on any atom is 0.238 e. The molecule has 3 N–H and O–H groups in total. The summed E-state index contributed by atoms with van der Waals surface area (Å²) in [5.41, 5.74) is 0.467. The summed E-state index contributed by atoms with van der Waals surface area (Å²) in [6, 6.07) is 5.82. The zero-order valence-electron chi connectivity index (χ0n) is 11.0. The van der Waals surface area contributed by atoms with Gasteiger partial charge in [0.15, 0.2) is 0 Å². The average Bonchev–Trinajstić information content (AvgIpc) is 2.37. The van der Waals surface area contributed by atoms with Gasteiger partial charge in [0.2, 0.25) is 5.91 Å². The average molecular weight is 268 g/mol. The molecule has 106 valence electrons. The van der Waals surface area contributed by atoms with Crippen LogP contribution in [-0.2, 0) is 4.79 Å². The van der Waals surface area contributed by atoms with Gasteiger partial charge in [-0.3, -0.25) is 4.79 Å². The Morgan fingerprint density at radius 2 is 2.00 bits per heavy atom. The minimum Gasteiger partial charge on any atom is -0.396 e. The summed E-state index contributed by atoms with van der Waals surface area (Å²) in [5.74, 6) is -0.546. The number of hydrogen-bond acceptors (Lipinski definition) is 3. The first-order valence-corrected chi connectivity index (χ1v) is 6.59. The van der Waals surface area contributed by atoms with Crippen molar-refractivity contribution in [2.75, 3.05) is 25.0 Å². The molecule has 1 aromatic rings. The van der Waals surface area contributed by atoms with Gasteiger partial charge in [-0.1, -0.05) is 18.9 Å². The molecule has 0 atom stereocenters. The number of rotatable bonds is 9. The number of carbonyl (C=O) groups is 1. The van der Waals surface area contributed by atoms with Crippen LogP contribution < -0.4 is 10.6 Å². The molecule has 1 rings (SSSR count). The second-order valence-electron chi connectivity index (χ2n) is 4.37. The van der Waals surface area contributed by atoms with Crippen LogP contribution in [0.1, 0.15) is 25.7 Å². The van der Waals surface area contributed by atoms with E-state index in [4.69, 9.17) is 5.11 Å². The first-order chi connectivity index (χ1) is 9.22.